The first-order valence-corrected chi connectivity index (χ1v) is 6.98. The molecule has 0 aliphatic carbocycles. The number of hydrogen-bond donors (Lipinski definition) is 0. The Labute approximate surface area is 127 Å². The van der Waals surface area contributed by atoms with Crippen molar-refractivity contribution in [3.05, 3.63) is 28.3 Å². The lowest BCUT2D eigenvalue weighted by Crippen LogP contribution is -2.44. The maximum Gasteiger partial charge on any atom is 0.331 e. The molecule has 1 aromatic rings. The Hall–Kier alpha value is -2.64. The van der Waals surface area contributed by atoms with Gasteiger partial charge in [0.25, 0.3) is 5.69 Å². The summed E-state index contributed by atoms with van der Waals surface area (Å²) in [4.78, 5) is 37.3. The van der Waals surface area contributed by atoms with Crippen molar-refractivity contribution in [1.82, 2.24) is 4.90 Å². The third kappa shape index (κ3) is 3.16. The molecule has 0 fully saturated rings. The maximum atomic E-state index is 12.2. The third-order valence-corrected chi connectivity index (χ3v) is 3.48. The van der Waals surface area contributed by atoms with Crippen molar-refractivity contribution >= 4 is 23.3 Å². The van der Waals surface area contributed by atoms with E-state index in [0.29, 0.717) is 18.8 Å². The summed E-state index contributed by atoms with van der Waals surface area (Å²) in [7, 11) is 0. The largest absolute Gasteiger partial charge is 0.423 e. The number of nitrogens with zero attached hydrogens (tertiary/aromatic N) is 3. The zero-order valence-electron chi connectivity index (χ0n) is 12.4. The minimum Gasteiger partial charge on any atom is -0.423 e. The van der Waals surface area contributed by atoms with Crippen LogP contribution in [0.3, 0.4) is 0 Å². The van der Waals surface area contributed by atoms with Crippen LogP contribution in [-0.4, -0.2) is 47.9 Å². The van der Waals surface area contributed by atoms with Crippen LogP contribution in [0.4, 0.5) is 11.4 Å². The number of amides is 1. The second-order valence-electron chi connectivity index (χ2n) is 4.81. The van der Waals surface area contributed by atoms with Crippen LogP contribution in [0.25, 0.3) is 0 Å². The Morgan fingerprint density at radius 3 is 2.68 bits per heavy atom. The monoisotopic (exact) mass is 307 g/mol. The Balaban J connectivity index is 2.26. The van der Waals surface area contributed by atoms with Gasteiger partial charge in [0.1, 0.15) is 6.54 Å². The Bertz CT molecular complexity index is 612. The van der Waals surface area contributed by atoms with Crippen molar-refractivity contribution in [3.8, 4) is 5.75 Å². The van der Waals surface area contributed by atoms with Gasteiger partial charge in [0, 0.05) is 19.2 Å². The highest BCUT2D eigenvalue weighted by atomic mass is 16.6. The minimum absolute atomic E-state index is 0.0294. The van der Waals surface area contributed by atoms with E-state index in [0.717, 1.165) is 0 Å². The van der Waals surface area contributed by atoms with Gasteiger partial charge < -0.3 is 14.5 Å². The summed E-state index contributed by atoms with van der Waals surface area (Å²) in [5, 5.41) is 10.8. The topological polar surface area (TPSA) is 93.0 Å². The second-order valence-corrected chi connectivity index (χ2v) is 4.81. The Kier molecular flexibility index (Phi) is 4.59. The van der Waals surface area contributed by atoms with E-state index in [-0.39, 0.29) is 30.4 Å². The average Bonchev–Trinajstić information content (AvgIpc) is 2.47. The highest BCUT2D eigenvalue weighted by Crippen LogP contribution is 2.35. The number of fused-ring (bicyclic) bond motifs is 1. The van der Waals surface area contributed by atoms with E-state index in [1.807, 2.05) is 13.8 Å². The van der Waals surface area contributed by atoms with Crippen LogP contribution >= 0.6 is 0 Å². The highest BCUT2D eigenvalue weighted by molar-refractivity contribution is 5.89. The summed E-state index contributed by atoms with van der Waals surface area (Å²) in [5.74, 6) is -0.540. The fraction of sp³-hybridized carbons (Fsp3) is 0.429. The van der Waals surface area contributed by atoms with Gasteiger partial charge in [-0.25, -0.2) is 4.79 Å². The molecule has 8 heteroatoms. The summed E-state index contributed by atoms with van der Waals surface area (Å²) >= 11 is 0. The number of carbonyl (C=O) groups excluding carboxylic acids is 2. The van der Waals surface area contributed by atoms with Gasteiger partial charge in [0.15, 0.2) is 5.75 Å². The van der Waals surface area contributed by atoms with Crippen LogP contribution in [0.5, 0.6) is 5.75 Å². The number of benzene rings is 1. The third-order valence-electron chi connectivity index (χ3n) is 3.48. The zero-order valence-corrected chi connectivity index (χ0v) is 12.4. The van der Waals surface area contributed by atoms with Crippen molar-refractivity contribution in [2.75, 3.05) is 31.1 Å². The van der Waals surface area contributed by atoms with Crippen molar-refractivity contribution in [1.29, 1.82) is 0 Å². The lowest BCUT2D eigenvalue weighted by atomic mass is 10.2. The van der Waals surface area contributed by atoms with Gasteiger partial charge in [0.05, 0.1) is 23.2 Å². The molecule has 1 aromatic carbocycles. The SMILES string of the molecule is CCN(CC)C(=O)CN1CC(=O)Oc2cc([N+](=O)[O-])ccc21. The average molecular weight is 307 g/mol. The molecule has 0 unspecified atom stereocenters. The van der Waals surface area contributed by atoms with E-state index < -0.39 is 10.9 Å². The van der Waals surface area contributed by atoms with Crippen LogP contribution in [0.15, 0.2) is 18.2 Å². The maximum absolute atomic E-state index is 12.2. The van der Waals surface area contributed by atoms with Crippen LogP contribution < -0.4 is 9.64 Å². The van der Waals surface area contributed by atoms with E-state index in [1.54, 1.807) is 9.80 Å². The minimum atomic E-state index is -0.561. The number of carbonyl (C=O) groups is 2. The molecule has 0 atom stereocenters. The van der Waals surface area contributed by atoms with Gasteiger partial charge in [-0.3, -0.25) is 14.9 Å². The fourth-order valence-corrected chi connectivity index (χ4v) is 2.34. The molecule has 0 radical (unpaired) electrons. The molecule has 1 heterocycles. The van der Waals surface area contributed by atoms with Gasteiger partial charge in [0.2, 0.25) is 5.91 Å². The number of esters is 1. The van der Waals surface area contributed by atoms with E-state index in [2.05, 4.69) is 0 Å². The van der Waals surface area contributed by atoms with Crippen molar-refractivity contribution in [3.63, 3.8) is 0 Å². The van der Waals surface area contributed by atoms with Gasteiger partial charge in [-0.2, -0.15) is 0 Å². The quantitative estimate of drug-likeness (QED) is 0.351. The Morgan fingerprint density at radius 1 is 1.41 bits per heavy atom. The summed E-state index contributed by atoms with van der Waals surface area (Å²) in [6, 6.07) is 4.02. The molecule has 0 saturated carbocycles. The van der Waals surface area contributed by atoms with E-state index in [9.17, 15) is 19.7 Å². The number of likely N-dealkylation sites (N-methyl/N-ethyl adjacent to an activating group) is 1. The fourth-order valence-electron chi connectivity index (χ4n) is 2.34. The molecule has 1 amide bonds. The zero-order chi connectivity index (χ0) is 16.3. The predicted molar refractivity (Wildman–Crippen MR) is 78.9 cm³/mol. The van der Waals surface area contributed by atoms with E-state index >= 15 is 0 Å². The number of nitro groups is 1. The number of nitro benzene ring substituents is 1. The molecule has 0 spiro atoms. The number of anilines is 1. The van der Waals surface area contributed by atoms with Crippen molar-refractivity contribution in [2.24, 2.45) is 0 Å². The number of non-ortho nitro benzene ring substituents is 1. The Morgan fingerprint density at radius 2 is 2.09 bits per heavy atom. The number of rotatable bonds is 5. The first-order chi connectivity index (χ1) is 10.5. The first kappa shape index (κ1) is 15.7. The molecule has 1 aliphatic rings. The summed E-state index contributed by atoms with van der Waals surface area (Å²) in [6.07, 6.45) is 0. The normalized spacial score (nSPS) is 13.4. The molecular weight excluding hydrogens is 290 g/mol. The molecule has 118 valence electrons. The lowest BCUT2D eigenvalue weighted by molar-refractivity contribution is -0.384. The van der Waals surface area contributed by atoms with Crippen molar-refractivity contribution < 1.29 is 19.2 Å². The molecule has 2 rings (SSSR count). The number of ether oxygens (including phenoxy) is 1. The van der Waals surface area contributed by atoms with Crippen LogP contribution in [0.1, 0.15) is 13.8 Å². The standard InChI is InChI=1S/C14H17N3O5/c1-3-15(4-2)13(18)8-16-9-14(19)22-12-7-10(17(20)21)5-6-11(12)16/h5-7H,3-4,8-9H2,1-2H3. The smallest absolute Gasteiger partial charge is 0.331 e. The van der Waals surface area contributed by atoms with Gasteiger partial charge in [-0.1, -0.05) is 0 Å². The molecule has 0 aromatic heterocycles. The second kappa shape index (κ2) is 6.42. The summed E-state index contributed by atoms with van der Waals surface area (Å²) in [6.45, 7) is 4.90. The van der Waals surface area contributed by atoms with E-state index in [4.69, 9.17) is 4.74 Å². The summed E-state index contributed by atoms with van der Waals surface area (Å²) in [5.41, 5.74) is 0.342. The molecule has 22 heavy (non-hydrogen) atoms. The van der Waals surface area contributed by atoms with Crippen LogP contribution in [0.2, 0.25) is 0 Å². The van der Waals surface area contributed by atoms with E-state index in [1.165, 1.54) is 18.2 Å². The van der Waals surface area contributed by atoms with Gasteiger partial charge in [-0.15, -0.1) is 0 Å². The molecule has 1 aliphatic heterocycles. The summed E-state index contributed by atoms with van der Waals surface area (Å²) < 4.78 is 5.04. The van der Waals surface area contributed by atoms with Gasteiger partial charge in [-0.05, 0) is 19.9 Å². The van der Waals surface area contributed by atoms with Crippen LogP contribution in [0, 0.1) is 10.1 Å². The molecular formula is C14H17N3O5. The number of hydrogen-bond acceptors (Lipinski definition) is 6. The molecule has 8 nitrogen and oxygen atoms in total. The first-order valence-electron chi connectivity index (χ1n) is 6.98. The molecule has 0 bridgehead atoms. The molecule has 0 saturated heterocycles. The molecule has 0 N–H and O–H groups in total. The highest BCUT2D eigenvalue weighted by Gasteiger charge is 2.28. The van der Waals surface area contributed by atoms with Gasteiger partial charge >= 0.3 is 5.97 Å². The van der Waals surface area contributed by atoms with Crippen LogP contribution in [-0.2, 0) is 9.59 Å². The van der Waals surface area contributed by atoms with Crippen molar-refractivity contribution in [2.45, 2.75) is 13.8 Å². The lowest BCUT2D eigenvalue weighted by Gasteiger charge is -2.30. The predicted octanol–water partition coefficient (Wildman–Crippen LogP) is 1.19.